The summed E-state index contributed by atoms with van der Waals surface area (Å²) >= 11 is 0. The number of carbonyl (C=O) groups excluding carboxylic acids is 1. The molecule has 1 fully saturated rings. The lowest BCUT2D eigenvalue weighted by Crippen LogP contribution is -2.46. The Kier molecular flexibility index (Phi) is 5.22. The van der Waals surface area contributed by atoms with Crippen LogP contribution in [0.5, 0.6) is 0 Å². The Morgan fingerprint density at radius 2 is 2.13 bits per heavy atom. The van der Waals surface area contributed by atoms with E-state index in [1.807, 2.05) is 4.90 Å². The number of anilines is 1. The second-order valence-electron chi connectivity index (χ2n) is 7.52. The summed E-state index contributed by atoms with van der Waals surface area (Å²) in [6, 6.07) is 3.49. The van der Waals surface area contributed by atoms with E-state index in [2.05, 4.69) is 20.7 Å². The largest absolute Gasteiger partial charge is 0.417 e. The number of piperidine rings is 1. The summed E-state index contributed by atoms with van der Waals surface area (Å²) in [5, 5.41) is 14.6. The van der Waals surface area contributed by atoms with E-state index < -0.39 is 17.8 Å². The summed E-state index contributed by atoms with van der Waals surface area (Å²) < 4.78 is 45.7. The number of pyridine rings is 1. The number of aryl methyl sites for hydroxylation is 1. The van der Waals surface area contributed by atoms with Gasteiger partial charge in [0.25, 0.3) is 0 Å². The average Bonchev–Trinajstić information content (AvgIpc) is 3.32. The van der Waals surface area contributed by atoms with Crippen LogP contribution in [0.1, 0.15) is 42.8 Å². The van der Waals surface area contributed by atoms with Crippen LogP contribution in [-0.4, -0.2) is 49.7 Å². The van der Waals surface area contributed by atoms with Gasteiger partial charge in [-0.3, -0.25) is 14.1 Å². The summed E-state index contributed by atoms with van der Waals surface area (Å²) in [7, 11) is 0. The first-order valence-electron chi connectivity index (χ1n) is 9.62. The van der Waals surface area contributed by atoms with Crippen molar-refractivity contribution in [1.29, 1.82) is 0 Å². The molecule has 2 unspecified atom stereocenters. The smallest absolute Gasteiger partial charge is 0.360 e. The molecule has 2 atom stereocenters. The fourth-order valence-corrected chi connectivity index (χ4v) is 3.75. The minimum absolute atomic E-state index is 0.137. The number of nitrogens with zero attached hydrogens (tertiary/aromatic N) is 5. The first-order chi connectivity index (χ1) is 14.2. The van der Waals surface area contributed by atoms with E-state index in [0.29, 0.717) is 36.1 Å². The number of amides is 1. The summed E-state index contributed by atoms with van der Waals surface area (Å²) in [4.78, 5) is 14.6. The number of likely N-dealkylation sites (tertiary alicyclic amines) is 1. The maximum Gasteiger partial charge on any atom is 0.417 e. The molecule has 0 saturated carbocycles. The van der Waals surface area contributed by atoms with Gasteiger partial charge in [0.2, 0.25) is 5.91 Å². The van der Waals surface area contributed by atoms with Gasteiger partial charge in [-0.05, 0) is 45.4 Å². The van der Waals surface area contributed by atoms with Gasteiger partial charge >= 0.3 is 6.18 Å². The van der Waals surface area contributed by atoms with Gasteiger partial charge in [0.15, 0.2) is 11.5 Å². The minimum Gasteiger partial charge on any atom is -0.360 e. The Hall–Kier alpha value is -2.95. The van der Waals surface area contributed by atoms with Gasteiger partial charge in [0.05, 0.1) is 11.6 Å². The van der Waals surface area contributed by atoms with Crippen LogP contribution >= 0.6 is 0 Å². The average molecular weight is 422 g/mol. The second kappa shape index (κ2) is 7.71. The highest BCUT2D eigenvalue weighted by molar-refractivity contribution is 5.93. The molecule has 0 spiro atoms. The molecule has 3 aromatic rings. The van der Waals surface area contributed by atoms with Crippen molar-refractivity contribution >= 4 is 17.4 Å². The van der Waals surface area contributed by atoms with E-state index >= 15 is 0 Å². The predicted molar refractivity (Wildman–Crippen MR) is 101 cm³/mol. The van der Waals surface area contributed by atoms with Crippen LogP contribution in [0.4, 0.5) is 19.0 Å². The fourth-order valence-electron chi connectivity index (χ4n) is 3.75. The molecule has 0 radical (unpaired) electrons. The van der Waals surface area contributed by atoms with E-state index in [9.17, 15) is 18.0 Å². The number of rotatable bonds is 4. The van der Waals surface area contributed by atoms with Crippen molar-refractivity contribution in [3.05, 3.63) is 41.5 Å². The Morgan fingerprint density at radius 1 is 1.33 bits per heavy atom. The third kappa shape index (κ3) is 4.02. The van der Waals surface area contributed by atoms with Gasteiger partial charge in [0, 0.05) is 24.7 Å². The molecule has 8 nitrogen and oxygen atoms in total. The number of alkyl halides is 3. The molecule has 160 valence electrons. The third-order valence-electron chi connectivity index (χ3n) is 5.38. The zero-order valence-corrected chi connectivity index (χ0v) is 16.5. The van der Waals surface area contributed by atoms with Crippen LogP contribution in [-0.2, 0) is 11.0 Å². The maximum atomic E-state index is 13.1. The first kappa shape index (κ1) is 20.3. The third-order valence-corrected chi connectivity index (χ3v) is 5.38. The van der Waals surface area contributed by atoms with Crippen LogP contribution in [0.3, 0.4) is 0 Å². The molecule has 1 saturated heterocycles. The normalized spacial score (nSPS) is 19.2. The molecule has 11 heteroatoms. The fraction of sp³-hybridized carbons (Fsp3) is 0.474. The van der Waals surface area contributed by atoms with Crippen LogP contribution in [0.25, 0.3) is 5.65 Å². The molecule has 1 aliphatic rings. The molecular weight excluding hydrogens is 401 g/mol. The maximum absolute atomic E-state index is 13.1. The molecule has 4 rings (SSSR count). The molecule has 0 aliphatic carbocycles. The lowest BCUT2D eigenvalue weighted by Gasteiger charge is -2.35. The second-order valence-corrected chi connectivity index (χ2v) is 7.52. The summed E-state index contributed by atoms with van der Waals surface area (Å²) in [6.45, 7) is 4.71. The Labute approximate surface area is 170 Å². The monoisotopic (exact) mass is 422 g/mol. The molecule has 30 heavy (non-hydrogen) atoms. The molecule has 3 aromatic heterocycles. The number of hydrogen-bond donors (Lipinski definition) is 1. The summed E-state index contributed by atoms with van der Waals surface area (Å²) in [5.41, 5.74) is -0.387. The van der Waals surface area contributed by atoms with Gasteiger partial charge in [0.1, 0.15) is 11.6 Å². The first-order valence-corrected chi connectivity index (χ1v) is 9.62. The van der Waals surface area contributed by atoms with Crippen LogP contribution in [0.15, 0.2) is 28.9 Å². The molecule has 0 aromatic carbocycles. The van der Waals surface area contributed by atoms with Gasteiger partial charge in [-0.25, -0.2) is 0 Å². The van der Waals surface area contributed by atoms with Crippen molar-refractivity contribution in [2.45, 2.75) is 44.8 Å². The van der Waals surface area contributed by atoms with Crippen LogP contribution in [0, 0.1) is 6.92 Å². The SMILES string of the molecule is Cc1cc(NC(=O)C(C)N2CCCC(c3nnc4ccc(C(F)(F)F)cn34)C2)no1. The summed E-state index contributed by atoms with van der Waals surface area (Å²) in [6.07, 6.45) is -1.86. The van der Waals surface area contributed by atoms with Gasteiger partial charge < -0.3 is 9.84 Å². The van der Waals surface area contributed by atoms with Gasteiger partial charge in [-0.15, -0.1) is 10.2 Å². The van der Waals surface area contributed by atoms with Crippen LogP contribution in [0.2, 0.25) is 0 Å². The highest BCUT2D eigenvalue weighted by Gasteiger charge is 2.33. The van der Waals surface area contributed by atoms with Crippen molar-refractivity contribution < 1.29 is 22.5 Å². The molecule has 1 N–H and O–H groups in total. The number of nitrogens with one attached hydrogen (secondary N) is 1. The van der Waals surface area contributed by atoms with Crippen molar-refractivity contribution in [3.8, 4) is 0 Å². The Morgan fingerprint density at radius 3 is 2.83 bits per heavy atom. The predicted octanol–water partition coefficient (Wildman–Crippen LogP) is 3.25. The lowest BCUT2D eigenvalue weighted by atomic mass is 9.96. The van der Waals surface area contributed by atoms with Gasteiger partial charge in [-0.1, -0.05) is 5.16 Å². The quantitative estimate of drug-likeness (QED) is 0.694. The van der Waals surface area contributed by atoms with E-state index in [1.165, 1.54) is 10.5 Å². The topological polar surface area (TPSA) is 88.6 Å². The number of carbonyl (C=O) groups is 1. The van der Waals surface area contributed by atoms with Crippen molar-refractivity contribution in [1.82, 2.24) is 24.7 Å². The number of aromatic nitrogens is 4. The highest BCUT2D eigenvalue weighted by Crippen LogP contribution is 2.31. The Bertz CT molecular complexity index is 1060. The zero-order chi connectivity index (χ0) is 21.5. The molecule has 0 bridgehead atoms. The Balaban J connectivity index is 1.51. The van der Waals surface area contributed by atoms with E-state index in [4.69, 9.17) is 4.52 Å². The zero-order valence-electron chi connectivity index (χ0n) is 16.5. The lowest BCUT2D eigenvalue weighted by molar-refractivity contribution is -0.137. The van der Waals surface area contributed by atoms with Crippen molar-refractivity contribution in [2.24, 2.45) is 0 Å². The number of hydrogen-bond acceptors (Lipinski definition) is 6. The van der Waals surface area contributed by atoms with Crippen molar-refractivity contribution in [2.75, 3.05) is 18.4 Å². The molecule has 1 aliphatic heterocycles. The molecule has 4 heterocycles. The minimum atomic E-state index is -4.44. The number of halogens is 3. The van der Waals surface area contributed by atoms with Crippen molar-refractivity contribution in [3.63, 3.8) is 0 Å². The van der Waals surface area contributed by atoms with Gasteiger partial charge in [-0.2, -0.15) is 13.2 Å². The summed E-state index contributed by atoms with van der Waals surface area (Å²) in [5.74, 6) is 1.05. The highest BCUT2D eigenvalue weighted by atomic mass is 19.4. The molecule has 1 amide bonds. The standard InChI is InChI=1S/C19H21F3N6O2/c1-11-8-15(26-30-11)23-18(29)12(2)27-7-3-4-13(9-27)17-25-24-16-6-5-14(10-28(16)17)19(20,21)22/h5-6,8,10,12-13H,3-4,7,9H2,1-2H3,(H,23,26,29). The molecular formula is C19H21F3N6O2. The number of fused-ring (bicyclic) bond motifs is 1. The van der Waals surface area contributed by atoms with Crippen LogP contribution < -0.4 is 5.32 Å². The van der Waals surface area contributed by atoms with E-state index in [-0.39, 0.29) is 11.8 Å². The van der Waals surface area contributed by atoms with E-state index in [1.54, 1.807) is 19.9 Å². The van der Waals surface area contributed by atoms with E-state index in [0.717, 1.165) is 25.1 Å².